The van der Waals surface area contributed by atoms with Gasteiger partial charge in [0.25, 0.3) is 0 Å². The molecule has 0 aliphatic rings. The smallest absolute Gasteiger partial charge is 0.131 e. The van der Waals surface area contributed by atoms with Crippen LogP contribution in [0.4, 0.5) is 4.39 Å². The summed E-state index contributed by atoms with van der Waals surface area (Å²) in [7, 11) is 3.36. The first-order chi connectivity index (χ1) is 9.67. The Hall–Kier alpha value is -1.88. The highest BCUT2D eigenvalue weighted by atomic mass is 19.1. The van der Waals surface area contributed by atoms with Crippen molar-refractivity contribution < 1.29 is 9.13 Å². The van der Waals surface area contributed by atoms with E-state index in [1.165, 1.54) is 13.2 Å². The first-order valence-electron chi connectivity index (χ1n) is 6.70. The normalized spacial score (nSPS) is 12.4. The van der Waals surface area contributed by atoms with E-state index in [-0.39, 0.29) is 11.9 Å². The molecule has 0 saturated heterocycles. The van der Waals surface area contributed by atoms with E-state index in [9.17, 15) is 4.39 Å². The fraction of sp³-hybridized carbons (Fsp3) is 0.400. The number of rotatable bonds is 6. The lowest BCUT2D eigenvalue weighted by Crippen LogP contribution is -2.20. The lowest BCUT2D eigenvalue weighted by atomic mass is 10.00. The van der Waals surface area contributed by atoms with Crippen LogP contribution < -0.4 is 10.1 Å². The van der Waals surface area contributed by atoms with Crippen molar-refractivity contribution >= 4 is 0 Å². The number of benzene rings is 1. The van der Waals surface area contributed by atoms with Crippen LogP contribution in [0.15, 0.2) is 30.6 Å². The number of hydrogen-bond acceptors (Lipinski definition) is 3. The van der Waals surface area contributed by atoms with Gasteiger partial charge in [-0.05, 0) is 32.0 Å². The van der Waals surface area contributed by atoms with Crippen LogP contribution in [0.25, 0.3) is 0 Å². The second kappa shape index (κ2) is 6.52. The highest BCUT2D eigenvalue weighted by Crippen LogP contribution is 2.24. The minimum Gasteiger partial charge on any atom is -0.497 e. The van der Waals surface area contributed by atoms with E-state index in [1.54, 1.807) is 12.1 Å². The fourth-order valence-electron chi connectivity index (χ4n) is 2.21. The minimum atomic E-state index is -0.258. The maximum absolute atomic E-state index is 14.1. The molecule has 1 atom stereocenters. The molecule has 0 amide bonds. The van der Waals surface area contributed by atoms with Gasteiger partial charge in [-0.3, -0.25) is 4.68 Å². The second-order valence-electron chi connectivity index (χ2n) is 4.64. The molecular formula is C15H20FN3O. The summed E-state index contributed by atoms with van der Waals surface area (Å²) in [5, 5.41) is 7.40. The molecule has 0 fully saturated rings. The van der Waals surface area contributed by atoms with Gasteiger partial charge in [-0.1, -0.05) is 6.07 Å². The van der Waals surface area contributed by atoms with Crippen molar-refractivity contribution in [2.45, 2.75) is 25.9 Å². The molecule has 20 heavy (non-hydrogen) atoms. The van der Waals surface area contributed by atoms with Crippen LogP contribution in [0.3, 0.4) is 0 Å². The van der Waals surface area contributed by atoms with Crippen LogP contribution >= 0.6 is 0 Å². The van der Waals surface area contributed by atoms with E-state index < -0.39 is 0 Å². The summed E-state index contributed by atoms with van der Waals surface area (Å²) in [6.07, 6.45) is 4.51. The predicted molar refractivity (Wildman–Crippen MR) is 76.4 cm³/mol. The maximum Gasteiger partial charge on any atom is 0.131 e. The van der Waals surface area contributed by atoms with E-state index in [2.05, 4.69) is 10.4 Å². The van der Waals surface area contributed by atoms with E-state index in [4.69, 9.17) is 4.74 Å². The van der Waals surface area contributed by atoms with Crippen LogP contribution in [0, 0.1) is 5.82 Å². The summed E-state index contributed by atoms with van der Waals surface area (Å²) in [6.45, 7) is 2.87. The third-order valence-electron chi connectivity index (χ3n) is 3.38. The van der Waals surface area contributed by atoms with Crippen molar-refractivity contribution in [3.8, 4) is 5.75 Å². The van der Waals surface area contributed by atoms with Gasteiger partial charge < -0.3 is 10.1 Å². The summed E-state index contributed by atoms with van der Waals surface area (Å²) >= 11 is 0. The average molecular weight is 277 g/mol. The van der Waals surface area contributed by atoms with Crippen molar-refractivity contribution in [3.63, 3.8) is 0 Å². The molecule has 0 aliphatic heterocycles. The Bertz CT molecular complexity index is 568. The summed E-state index contributed by atoms with van der Waals surface area (Å²) in [5.74, 6) is 0.270. The van der Waals surface area contributed by atoms with E-state index in [0.29, 0.717) is 17.7 Å². The number of methoxy groups -OCH3 is 1. The number of aryl methyl sites for hydroxylation is 1. The van der Waals surface area contributed by atoms with Gasteiger partial charge >= 0.3 is 0 Å². The molecule has 1 unspecified atom stereocenters. The number of aromatic nitrogens is 2. The average Bonchev–Trinajstić information content (AvgIpc) is 2.92. The number of nitrogens with zero attached hydrogens (tertiary/aromatic N) is 2. The number of ether oxygens (including phenoxy) is 1. The van der Waals surface area contributed by atoms with Crippen molar-refractivity contribution in [3.05, 3.63) is 47.5 Å². The Kier molecular flexibility index (Phi) is 4.74. The molecule has 0 aliphatic carbocycles. The minimum absolute atomic E-state index is 0.0876. The third kappa shape index (κ3) is 3.17. The zero-order valence-electron chi connectivity index (χ0n) is 12.1. The van der Waals surface area contributed by atoms with Gasteiger partial charge in [0.15, 0.2) is 0 Å². The summed E-state index contributed by atoms with van der Waals surface area (Å²) in [4.78, 5) is 0. The molecule has 1 heterocycles. The molecular weight excluding hydrogens is 257 g/mol. The van der Waals surface area contributed by atoms with Gasteiger partial charge in [0.05, 0.1) is 13.3 Å². The molecule has 1 aromatic carbocycles. The van der Waals surface area contributed by atoms with Gasteiger partial charge in [-0.2, -0.15) is 5.10 Å². The molecule has 0 saturated carbocycles. The molecule has 5 heteroatoms. The Morgan fingerprint density at radius 1 is 1.45 bits per heavy atom. The first kappa shape index (κ1) is 14.5. The van der Waals surface area contributed by atoms with Crippen LogP contribution in [0.1, 0.15) is 24.1 Å². The highest BCUT2D eigenvalue weighted by Gasteiger charge is 2.16. The van der Waals surface area contributed by atoms with Crippen LogP contribution in [-0.2, 0) is 13.0 Å². The first-order valence-corrected chi connectivity index (χ1v) is 6.70. The molecule has 2 rings (SSSR count). The topological polar surface area (TPSA) is 39.1 Å². The maximum atomic E-state index is 14.1. The lowest BCUT2D eigenvalue weighted by Gasteiger charge is -2.17. The predicted octanol–water partition coefficient (Wildman–Crippen LogP) is 2.55. The van der Waals surface area contributed by atoms with Crippen LogP contribution in [0.2, 0.25) is 0 Å². The van der Waals surface area contributed by atoms with Crippen LogP contribution in [-0.4, -0.2) is 23.9 Å². The molecule has 4 nitrogen and oxygen atoms in total. The standard InChI is InChI=1S/C15H20FN3O/c1-4-19-10-11(9-18-19)7-15(17-2)13-6-5-12(20-3)8-14(13)16/h5-6,8-10,15,17H,4,7H2,1-3H3. The Morgan fingerprint density at radius 2 is 2.25 bits per heavy atom. The largest absolute Gasteiger partial charge is 0.497 e. The number of nitrogens with one attached hydrogen (secondary N) is 1. The summed E-state index contributed by atoms with van der Waals surface area (Å²) in [6, 6.07) is 4.86. The summed E-state index contributed by atoms with van der Waals surface area (Å²) in [5.41, 5.74) is 1.72. The lowest BCUT2D eigenvalue weighted by molar-refractivity contribution is 0.409. The number of likely N-dealkylation sites (N-methyl/N-ethyl adjacent to an activating group) is 1. The SMILES string of the molecule is CCn1cc(CC(NC)c2ccc(OC)cc2F)cn1. The van der Waals surface area contributed by atoms with Crippen molar-refractivity contribution in [2.75, 3.05) is 14.2 Å². The molecule has 1 aromatic heterocycles. The van der Waals surface area contributed by atoms with E-state index >= 15 is 0 Å². The monoisotopic (exact) mass is 277 g/mol. The van der Waals surface area contributed by atoms with Crippen molar-refractivity contribution in [2.24, 2.45) is 0 Å². The van der Waals surface area contributed by atoms with Gasteiger partial charge in [0.1, 0.15) is 11.6 Å². The van der Waals surface area contributed by atoms with Crippen molar-refractivity contribution in [1.82, 2.24) is 15.1 Å². The molecule has 2 aromatic rings. The van der Waals surface area contributed by atoms with Gasteiger partial charge in [0, 0.05) is 30.4 Å². The summed E-state index contributed by atoms with van der Waals surface area (Å²) < 4.78 is 21.0. The Morgan fingerprint density at radius 3 is 2.80 bits per heavy atom. The highest BCUT2D eigenvalue weighted by molar-refractivity contribution is 5.31. The quantitative estimate of drug-likeness (QED) is 0.882. The molecule has 0 radical (unpaired) electrons. The zero-order chi connectivity index (χ0) is 14.5. The van der Waals surface area contributed by atoms with Crippen LogP contribution in [0.5, 0.6) is 5.75 Å². The molecule has 108 valence electrons. The molecule has 0 bridgehead atoms. The third-order valence-corrected chi connectivity index (χ3v) is 3.38. The van der Waals surface area contributed by atoms with Gasteiger partial charge in [-0.25, -0.2) is 4.39 Å². The van der Waals surface area contributed by atoms with Crippen molar-refractivity contribution in [1.29, 1.82) is 0 Å². The van der Waals surface area contributed by atoms with E-state index in [1.807, 2.05) is 31.0 Å². The van der Waals surface area contributed by atoms with Gasteiger partial charge in [-0.15, -0.1) is 0 Å². The Balaban J connectivity index is 2.19. The zero-order valence-corrected chi connectivity index (χ0v) is 12.1. The number of halogens is 1. The molecule has 1 N–H and O–H groups in total. The fourth-order valence-corrected chi connectivity index (χ4v) is 2.21. The number of hydrogen-bond donors (Lipinski definition) is 1. The van der Waals surface area contributed by atoms with E-state index in [0.717, 1.165) is 12.1 Å². The Labute approximate surface area is 118 Å². The second-order valence-corrected chi connectivity index (χ2v) is 4.64. The van der Waals surface area contributed by atoms with Gasteiger partial charge in [0.2, 0.25) is 0 Å². The molecule has 0 spiro atoms.